The standard InChI is InChI=1S/C17H15N3O2S/c1-11-14(19-17(22-11)13-4-7-23-10-13)8-16(21)20-6-3-12-9-18-5-2-15(12)20/h2,4-5,7,9-10H,3,6,8H2,1H3. The predicted molar refractivity (Wildman–Crippen MR) is 88.6 cm³/mol. The van der Waals surface area contributed by atoms with Gasteiger partial charge in [0.15, 0.2) is 0 Å². The highest BCUT2D eigenvalue weighted by Gasteiger charge is 2.26. The summed E-state index contributed by atoms with van der Waals surface area (Å²) in [6.07, 6.45) is 4.66. The molecule has 1 aliphatic rings. The van der Waals surface area contributed by atoms with Gasteiger partial charge in [-0.1, -0.05) is 0 Å². The van der Waals surface area contributed by atoms with E-state index in [9.17, 15) is 4.79 Å². The van der Waals surface area contributed by atoms with E-state index in [-0.39, 0.29) is 12.3 Å². The van der Waals surface area contributed by atoms with Crippen LogP contribution in [-0.4, -0.2) is 22.4 Å². The van der Waals surface area contributed by atoms with Crippen LogP contribution in [-0.2, 0) is 17.6 Å². The molecule has 0 radical (unpaired) electrons. The summed E-state index contributed by atoms with van der Waals surface area (Å²) in [4.78, 5) is 23.1. The van der Waals surface area contributed by atoms with Gasteiger partial charge in [0.1, 0.15) is 5.76 Å². The first-order chi connectivity index (χ1) is 11.2. The third-order valence-corrected chi connectivity index (χ3v) is 4.74. The summed E-state index contributed by atoms with van der Waals surface area (Å²) in [6, 6.07) is 3.86. The molecule has 4 heterocycles. The van der Waals surface area contributed by atoms with Crippen molar-refractivity contribution in [3.63, 3.8) is 0 Å². The average molecular weight is 325 g/mol. The van der Waals surface area contributed by atoms with Crippen molar-refractivity contribution in [2.45, 2.75) is 19.8 Å². The van der Waals surface area contributed by atoms with E-state index in [2.05, 4.69) is 9.97 Å². The van der Waals surface area contributed by atoms with E-state index in [1.807, 2.05) is 40.9 Å². The Bertz CT molecular complexity index is 855. The number of amides is 1. The zero-order valence-corrected chi connectivity index (χ0v) is 13.5. The van der Waals surface area contributed by atoms with Crippen LogP contribution in [0.4, 0.5) is 5.69 Å². The molecule has 5 nitrogen and oxygen atoms in total. The summed E-state index contributed by atoms with van der Waals surface area (Å²) in [5.41, 5.74) is 3.74. The minimum atomic E-state index is 0.0446. The van der Waals surface area contributed by atoms with E-state index in [0.29, 0.717) is 23.9 Å². The third kappa shape index (κ3) is 2.55. The van der Waals surface area contributed by atoms with Crippen molar-refractivity contribution in [3.05, 3.63) is 52.3 Å². The highest BCUT2D eigenvalue weighted by atomic mass is 32.1. The number of carbonyl (C=O) groups excluding carboxylic acids is 1. The molecule has 3 aromatic rings. The number of pyridine rings is 1. The lowest BCUT2D eigenvalue weighted by Crippen LogP contribution is -2.30. The monoisotopic (exact) mass is 325 g/mol. The van der Waals surface area contributed by atoms with Crippen molar-refractivity contribution in [2.75, 3.05) is 11.4 Å². The molecule has 1 aliphatic heterocycles. The summed E-state index contributed by atoms with van der Waals surface area (Å²) in [5.74, 6) is 1.33. The van der Waals surface area contributed by atoms with Gasteiger partial charge in [0.2, 0.25) is 11.8 Å². The maximum atomic E-state index is 12.7. The topological polar surface area (TPSA) is 59.2 Å². The van der Waals surface area contributed by atoms with E-state index in [1.54, 1.807) is 17.5 Å². The summed E-state index contributed by atoms with van der Waals surface area (Å²) < 4.78 is 5.71. The second-order valence-electron chi connectivity index (χ2n) is 5.51. The Hall–Kier alpha value is -2.47. The first-order valence-electron chi connectivity index (χ1n) is 7.44. The number of oxazole rings is 1. The molecule has 23 heavy (non-hydrogen) atoms. The van der Waals surface area contributed by atoms with Crippen molar-refractivity contribution < 1.29 is 9.21 Å². The third-order valence-electron chi connectivity index (χ3n) is 4.05. The van der Waals surface area contributed by atoms with Crippen molar-refractivity contribution in [1.29, 1.82) is 0 Å². The molecule has 3 aromatic heterocycles. The van der Waals surface area contributed by atoms with Crippen LogP contribution < -0.4 is 4.90 Å². The zero-order chi connectivity index (χ0) is 15.8. The average Bonchev–Trinajstić information content (AvgIpc) is 3.27. The Balaban J connectivity index is 1.56. The summed E-state index contributed by atoms with van der Waals surface area (Å²) >= 11 is 1.60. The number of fused-ring (bicyclic) bond motifs is 1. The molecular formula is C17H15N3O2S. The molecule has 0 fully saturated rings. The van der Waals surface area contributed by atoms with Gasteiger partial charge < -0.3 is 9.32 Å². The van der Waals surface area contributed by atoms with Crippen molar-refractivity contribution in [2.24, 2.45) is 0 Å². The fraction of sp³-hybridized carbons (Fsp3) is 0.235. The molecule has 0 saturated heterocycles. The molecule has 0 spiro atoms. The Labute approximate surface area is 137 Å². The fourth-order valence-corrected chi connectivity index (χ4v) is 3.46. The van der Waals surface area contributed by atoms with Gasteiger partial charge in [-0.15, -0.1) is 0 Å². The number of anilines is 1. The van der Waals surface area contributed by atoms with Gasteiger partial charge in [0.05, 0.1) is 12.1 Å². The second-order valence-corrected chi connectivity index (χ2v) is 6.29. The van der Waals surface area contributed by atoms with Crippen LogP contribution in [0.5, 0.6) is 0 Å². The van der Waals surface area contributed by atoms with Crippen LogP contribution in [0.2, 0.25) is 0 Å². The first-order valence-corrected chi connectivity index (χ1v) is 8.39. The minimum Gasteiger partial charge on any atom is -0.441 e. The highest BCUT2D eigenvalue weighted by molar-refractivity contribution is 7.08. The molecule has 0 saturated carbocycles. The van der Waals surface area contributed by atoms with E-state index in [4.69, 9.17) is 4.42 Å². The number of carbonyl (C=O) groups is 1. The summed E-state index contributed by atoms with van der Waals surface area (Å²) in [6.45, 7) is 2.56. The van der Waals surface area contributed by atoms with Gasteiger partial charge in [0.25, 0.3) is 0 Å². The Morgan fingerprint density at radius 3 is 3.17 bits per heavy atom. The number of hydrogen-bond acceptors (Lipinski definition) is 5. The first kappa shape index (κ1) is 14.1. The number of hydrogen-bond donors (Lipinski definition) is 0. The van der Waals surface area contributed by atoms with Gasteiger partial charge in [-0.25, -0.2) is 4.98 Å². The van der Waals surface area contributed by atoms with E-state index in [0.717, 1.165) is 23.2 Å². The Morgan fingerprint density at radius 1 is 1.43 bits per heavy atom. The van der Waals surface area contributed by atoms with E-state index < -0.39 is 0 Å². The van der Waals surface area contributed by atoms with Crippen LogP contribution >= 0.6 is 11.3 Å². The zero-order valence-electron chi connectivity index (χ0n) is 12.7. The SMILES string of the molecule is Cc1oc(-c2ccsc2)nc1CC(=O)N1CCc2cnccc21. The molecule has 0 aromatic carbocycles. The molecule has 1 amide bonds. The lowest BCUT2D eigenvalue weighted by molar-refractivity contribution is -0.117. The molecule has 0 bridgehead atoms. The normalized spacial score (nSPS) is 13.3. The minimum absolute atomic E-state index is 0.0446. The Morgan fingerprint density at radius 2 is 2.35 bits per heavy atom. The fourth-order valence-electron chi connectivity index (χ4n) is 2.83. The number of nitrogens with zero attached hydrogens (tertiary/aromatic N) is 3. The van der Waals surface area contributed by atoms with Gasteiger partial charge in [-0.3, -0.25) is 9.78 Å². The quantitative estimate of drug-likeness (QED) is 0.742. The van der Waals surface area contributed by atoms with Crippen molar-refractivity contribution >= 4 is 22.9 Å². The van der Waals surface area contributed by atoms with Gasteiger partial charge in [-0.05, 0) is 36.4 Å². The molecule has 116 valence electrons. The van der Waals surface area contributed by atoms with Crippen LogP contribution in [0, 0.1) is 6.92 Å². The lowest BCUT2D eigenvalue weighted by Gasteiger charge is -2.16. The van der Waals surface area contributed by atoms with E-state index >= 15 is 0 Å². The van der Waals surface area contributed by atoms with E-state index in [1.165, 1.54) is 0 Å². The van der Waals surface area contributed by atoms with Crippen LogP contribution in [0.3, 0.4) is 0 Å². The molecule has 0 atom stereocenters. The molecular weight excluding hydrogens is 310 g/mol. The molecule has 0 N–H and O–H groups in total. The number of aromatic nitrogens is 2. The molecule has 4 rings (SSSR count). The van der Waals surface area contributed by atoms with Gasteiger partial charge in [0, 0.05) is 35.6 Å². The molecule has 6 heteroatoms. The number of rotatable bonds is 3. The maximum Gasteiger partial charge on any atom is 0.233 e. The molecule has 0 aliphatic carbocycles. The Kier molecular flexibility index (Phi) is 3.46. The summed E-state index contributed by atoms with van der Waals surface area (Å²) in [7, 11) is 0. The summed E-state index contributed by atoms with van der Waals surface area (Å²) in [5, 5.41) is 3.97. The predicted octanol–water partition coefficient (Wildman–Crippen LogP) is 3.24. The van der Waals surface area contributed by atoms with Crippen molar-refractivity contribution in [1.82, 2.24) is 9.97 Å². The maximum absolute atomic E-state index is 12.7. The van der Waals surface area contributed by atoms with Gasteiger partial charge in [-0.2, -0.15) is 11.3 Å². The smallest absolute Gasteiger partial charge is 0.233 e. The highest BCUT2D eigenvalue weighted by Crippen LogP contribution is 2.28. The lowest BCUT2D eigenvalue weighted by atomic mass is 10.2. The largest absolute Gasteiger partial charge is 0.441 e. The van der Waals surface area contributed by atoms with Crippen LogP contribution in [0.1, 0.15) is 17.0 Å². The van der Waals surface area contributed by atoms with Crippen LogP contribution in [0.15, 0.2) is 39.7 Å². The van der Waals surface area contributed by atoms with Gasteiger partial charge >= 0.3 is 0 Å². The second kappa shape index (κ2) is 5.62. The number of aryl methyl sites for hydroxylation is 1. The molecule has 0 unspecified atom stereocenters. The number of thiophene rings is 1. The van der Waals surface area contributed by atoms with Crippen LogP contribution in [0.25, 0.3) is 11.5 Å². The van der Waals surface area contributed by atoms with Crippen molar-refractivity contribution in [3.8, 4) is 11.5 Å².